The van der Waals surface area contributed by atoms with Crippen LogP contribution >= 0.6 is 0 Å². The maximum absolute atomic E-state index is 11.0. The molecular weight excluding hydrogens is 148 g/mol. The largest absolute Gasteiger partial charge is 0.295 e. The van der Waals surface area contributed by atoms with E-state index in [4.69, 9.17) is 0 Å². The molecule has 0 saturated carbocycles. The normalized spacial score (nSPS) is 16.5. The molecule has 1 aliphatic carbocycles. The summed E-state index contributed by atoms with van der Waals surface area (Å²) in [5, 5.41) is 0. The van der Waals surface area contributed by atoms with Crippen molar-refractivity contribution in [1.29, 1.82) is 0 Å². The van der Waals surface area contributed by atoms with Gasteiger partial charge in [-0.25, -0.2) is 0 Å². The van der Waals surface area contributed by atoms with Crippen LogP contribution in [0.4, 0.5) is 0 Å². The predicted molar refractivity (Wildman–Crippen MR) is 50.9 cm³/mol. The van der Waals surface area contributed by atoms with Gasteiger partial charge in [0, 0.05) is 5.57 Å². The minimum Gasteiger partial charge on any atom is -0.295 e. The lowest BCUT2D eigenvalue weighted by atomic mass is 10.1. The highest BCUT2D eigenvalue weighted by Crippen LogP contribution is 2.13. The first-order chi connectivity index (χ1) is 5.74. The smallest absolute Gasteiger partial charge is 0.159 e. The first-order valence-electron chi connectivity index (χ1n) is 4.32. The molecule has 0 aliphatic heterocycles. The highest BCUT2D eigenvalue weighted by atomic mass is 16.1. The minimum absolute atomic E-state index is 0.150. The lowest BCUT2D eigenvalue weighted by Gasteiger charge is -1.92. The zero-order valence-corrected chi connectivity index (χ0v) is 7.63. The number of allylic oxidation sites excluding steroid dienone is 6. The number of Topliss-reactive ketones (excluding diaryl/α,β-unsaturated/α-hetero) is 1. The Bertz CT molecular complexity index is 267. The van der Waals surface area contributed by atoms with E-state index in [-0.39, 0.29) is 5.78 Å². The van der Waals surface area contributed by atoms with Crippen molar-refractivity contribution in [2.45, 2.75) is 26.7 Å². The first kappa shape index (κ1) is 8.98. The zero-order valence-electron chi connectivity index (χ0n) is 7.63. The standard InChI is InChI=1S/C11H14O/c1-3-10-5-4-6-11(8-7-10)9(2)12/h5-8H,3-4H2,1-2H3. The number of carbonyl (C=O) groups excluding carboxylic acids is 1. The molecule has 0 atom stereocenters. The maximum atomic E-state index is 11.0. The minimum atomic E-state index is 0.150. The monoisotopic (exact) mass is 162 g/mol. The van der Waals surface area contributed by atoms with Gasteiger partial charge in [0.15, 0.2) is 5.78 Å². The molecule has 0 unspecified atom stereocenters. The van der Waals surface area contributed by atoms with E-state index in [1.165, 1.54) is 5.57 Å². The maximum Gasteiger partial charge on any atom is 0.159 e. The molecule has 1 rings (SSSR count). The molecule has 1 aliphatic rings. The van der Waals surface area contributed by atoms with Crippen LogP contribution in [0.25, 0.3) is 0 Å². The van der Waals surface area contributed by atoms with Crippen LogP contribution < -0.4 is 0 Å². The van der Waals surface area contributed by atoms with Crippen molar-refractivity contribution in [3.8, 4) is 0 Å². The lowest BCUT2D eigenvalue weighted by Crippen LogP contribution is -1.91. The van der Waals surface area contributed by atoms with Gasteiger partial charge in [-0.1, -0.05) is 36.8 Å². The Hall–Kier alpha value is -1.11. The summed E-state index contributed by atoms with van der Waals surface area (Å²) in [6, 6.07) is 0. The Morgan fingerprint density at radius 2 is 2.17 bits per heavy atom. The molecular formula is C11H14O. The Morgan fingerprint density at radius 1 is 1.42 bits per heavy atom. The molecule has 64 valence electrons. The van der Waals surface area contributed by atoms with Crippen molar-refractivity contribution in [2.75, 3.05) is 0 Å². The van der Waals surface area contributed by atoms with Crippen LogP contribution in [-0.2, 0) is 4.79 Å². The molecule has 0 amide bonds. The number of ketones is 1. The van der Waals surface area contributed by atoms with Crippen molar-refractivity contribution >= 4 is 5.78 Å². The van der Waals surface area contributed by atoms with Crippen LogP contribution in [0.3, 0.4) is 0 Å². The van der Waals surface area contributed by atoms with Crippen LogP contribution in [0, 0.1) is 0 Å². The van der Waals surface area contributed by atoms with Crippen LogP contribution in [0.5, 0.6) is 0 Å². The Kier molecular flexibility index (Phi) is 3.03. The molecule has 12 heavy (non-hydrogen) atoms. The second kappa shape index (κ2) is 4.05. The quantitative estimate of drug-likeness (QED) is 0.610. The topological polar surface area (TPSA) is 17.1 Å². The van der Waals surface area contributed by atoms with Crippen LogP contribution in [-0.4, -0.2) is 5.78 Å². The van der Waals surface area contributed by atoms with Gasteiger partial charge >= 0.3 is 0 Å². The number of hydrogen-bond acceptors (Lipinski definition) is 1. The molecule has 0 bridgehead atoms. The van der Waals surface area contributed by atoms with E-state index in [9.17, 15) is 4.79 Å². The van der Waals surface area contributed by atoms with Crippen molar-refractivity contribution in [3.63, 3.8) is 0 Å². The summed E-state index contributed by atoms with van der Waals surface area (Å²) in [5.74, 6) is 0.150. The summed E-state index contributed by atoms with van der Waals surface area (Å²) in [5.41, 5.74) is 2.14. The fraction of sp³-hybridized carbons (Fsp3) is 0.364. The van der Waals surface area contributed by atoms with E-state index in [1.807, 2.05) is 18.2 Å². The second-order valence-electron chi connectivity index (χ2n) is 2.92. The van der Waals surface area contributed by atoms with Crippen molar-refractivity contribution in [1.82, 2.24) is 0 Å². The van der Waals surface area contributed by atoms with E-state index in [2.05, 4.69) is 13.0 Å². The SMILES string of the molecule is CCC1=CCC=C(C(C)=O)C=C1. The van der Waals surface area contributed by atoms with Crippen LogP contribution in [0.2, 0.25) is 0 Å². The second-order valence-corrected chi connectivity index (χ2v) is 2.92. The molecule has 0 saturated heterocycles. The highest BCUT2D eigenvalue weighted by Gasteiger charge is 2.00. The molecule has 0 aromatic carbocycles. The summed E-state index contributed by atoms with van der Waals surface area (Å²) in [6.07, 6.45) is 9.99. The van der Waals surface area contributed by atoms with E-state index in [0.29, 0.717) is 0 Å². The third-order valence-corrected chi connectivity index (χ3v) is 2.01. The molecule has 0 aromatic rings. The summed E-state index contributed by atoms with van der Waals surface area (Å²) in [6.45, 7) is 3.72. The Balaban J connectivity index is 2.77. The summed E-state index contributed by atoms with van der Waals surface area (Å²) >= 11 is 0. The van der Waals surface area contributed by atoms with Crippen LogP contribution in [0.1, 0.15) is 26.7 Å². The third-order valence-electron chi connectivity index (χ3n) is 2.01. The summed E-state index contributed by atoms with van der Waals surface area (Å²) in [7, 11) is 0. The van der Waals surface area contributed by atoms with Gasteiger partial charge in [-0.2, -0.15) is 0 Å². The number of hydrogen-bond donors (Lipinski definition) is 0. The first-order valence-corrected chi connectivity index (χ1v) is 4.32. The van der Waals surface area contributed by atoms with Gasteiger partial charge in [0.1, 0.15) is 0 Å². The van der Waals surface area contributed by atoms with Gasteiger partial charge in [0.05, 0.1) is 0 Å². The summed E-state index contributed by atoms with van der Waals surface area (Å²) in [4.78, 5) is 11.0. The molecule has 0 N–H and O–H groups in total. The van der Waals surface area contributed by atoms with E-state index in [1.54, 1.807) is 6.92 Å². The van der Waals surface area contributed by atoms with Gasteiger partial charge in [0.2, 0.25) is 0 Å². The molecule has 1 nitrogen and oxygen atoms in total. The fourth-order valence-electron chi connectivity index (χ4n) is 1.19. The molecule has 0 heterocycles. The molecule has 0 aromatic heterocycles. The van der Waals surface area contributed by atoms with Gasteiger partial charge in [-0.3, -0.25) is 4.79 Å². The average molecular weight is 162 g/mol. The molecule has 1 heteroatoms. The average Bonchev–Trinajstić information content (AvgIpc) is 2.28. The Morgan fingerprint density at radius 3 is 2.75 bits per heavy atom. The van der Waals surface area contributed by atoms with Crippen LogP contribution in [0.15, 0.2) is 35.5 Å². The van der Waals surface area contributed by atoms with Gasteiger partial charge < -0.3 is 0 Å². The number of carbonyl (C=O) groups is 1. The fourth-order valence-corrected chi connectivity index (χ4v) is 1.19. The van der Waals surface area contributed by atoms with Gasteiger partial charge in [-0.05, 0) is 19.8 Å². The third kappa shape index (κ3) is 2.19. The highest BCUT2D eigenvalue weighted by molar-refractivity contribution is 5.96. The molecule has 0 radical (unpaired) electrons. The molecule has 0 spiro atoms. The van der Waals surface area contributed by atoms with E-state index in [0.717, 1.165) is 18.4 Å². The van der Waals surface area contributed by atoms with E-state index >= 15 is 0 Å². The summed E-state index contributed by atoms with van der Waals surface area (Å²) < 4.78 is 0. The van der Waals surface area contributed by atoms with Gasteiger partial charge in [0.25, 0.3) is 0 Å². The Labute approximate surface area is 73.5 Å². The van der Waals surface area contributed by atoms with Crippen molar-refractivity contribution < 1.29 is 4.79 Å². The molecule has 0 fully saturated rings. The van der Waals surface area contributed by atoms with Gasteiger partial charge in [-0.15, -0.1) is 0 Å². The predicted octanol–water partition coefficient (Wildman–Crippen LogP) is 2.80. The lowest BCUT2D eigenvalue weighted by molar-refractivity contribution is -0.113. The number of rotatable bonds is 2. The van der Waals surface area contributed by atoms with Crippen molar-refractivity contribution in [2.24, 2.45) is 0 Å². The zero-order chi connectivity index (χ0) is 8.97. The van der Waals surface area contributed by atoms with Crippen molar-refractivity contribution in [3.05, 3.63) is 35.5 Å². The van der Waals surface area contributed by atoms with E-state index < -0.39 is 0 Å².